The van der Waals surface area contributed by atoms with Crippen LogP contribution in [0.4, 0.5) is 0 Å². The lowest BCUT2D eigenvalue weighted by molar-refractivity contribution is 0.0157. The Morgan fingerprint density at radius 1 is 0.618 bits per heavy atom. The molecule has 0 amide bonds. The molecule has 2 unspecified atom stereocenters. The van der Waals surface area contributed by atoms with Crippen LogP contribution in [0.25, 0.3) is 0 Å². The van der Waals surface area contributed by atoms with Crippen molar-refractivity contribution >= 4 is 0 Å². The third kappa shape index (κ3) is 4.23. The normalized spacial score (nSPS) is 30.2. The van der Waals surface area contributed by atoms with Gasteiger partial charge in [-0.05, 0) is 61.9 Å². The van der Waals surface area contributed by atoms with E-state index in [0.717, 1.165) is 6.54 Å². The van der Waals surface area contributed by atoms with Gasteiger partial charge in [0.15, 0.2) is 0 Å². The van der Waals surface area contributed by atoms with Crippen LogP contribution in [0.15, 0.2) is 91.0 Å². The summed E-state index contributed by atoms with van der Waals surface area (Å²) in [4.78, 5) is 5.80. The average Bonchev–Trinajstić information content (AvgIpc) is 3.18. The van der Waals surface area contributed by atoms with Gasteiger partial charge in [-0.25, -0.2) is 0 Å². The van der Waals surface area contributed by atoms with Crippen molar-refractivity contribution in [2.24, 2.45) is 0 Å². The molecule has 3 aliphatic heterocycles. The van der Waals surface area contributed by atoms with E-state index in [0.29, 0.717) is 23.4 Å². The first-order chi connectivity index (χ1) is 16.8. The Bertz CT molecular complexity index is 993. The molecular formula is C32H38N2. The zero-order chi connectivity index (χ0) is 22.8. The Balaban J connectivity index is 1.46. The molecule has 0 aromatic heterocycles. The number of nitrogens with zero attached hydrogens (tertiary/aromatic N) is 2. The highest BCUT2D eigenvalue weighted by Gasteiger charge is 2.53. The van der Waals surface area contributed by atoms with Crippen molar-refractivity contribution in [2.75, 3.05) is 19.6 Å². The summed E-state index contributed by atoms with van der Waals surface area (Å²) in [6.07, 6.45) is 8.03. The molecule has 176 valence electrons. The van der Waals surface area contributed by atoms with Crippen molar-refractivity contribution in [3.63, 3.8) is 0 Å². The van der Waals surface area contributed by atoms with Crippen molar-refractivity contribution in [1.29, 1.82) is 0 Å². The fourth-order valence-corrected chi connectivity index (χ4v) is 7.46. The number of hydrogen-bond donors (Lipinski definition) is 0. The lowest BCUT2D eigenvalue weighted by Crippen LogP contribution is -2.56. The number of benzene rings is 3. The molecule has 3 heterocycles. The maximum Gasteiger partial charge on any atom is 0.0238 e. The topological polar surface area (TPSA) is 6.48 Å². The summed E-state index contributed by atoms with van der Waals surface area (Å²) in [7, 11) is 0. The number of likely N-dealkylation sites (tertiary alicyclic amines) is 1. The Labute approximate surface area is 205 Å². The molecule has 2 bridgehead atoms. The highest BCUT2D eigenvalue weighted by atomic mass is 15.3. The summed E-state index contributed by atoms with van der Waals surface area (Å²) in [5.41, 5.74) is 4.83. The fourth-order valence-electron chi connectivity index (χ4n) is 7.46. The monoisotopic (exact) mass is 450 g/mol. The number of hydrogen-bond acceptors (Lipinski definition) is 2. The van der Waals surface area contributed by atoms with E-state index >= 15 is 0 Å². The Morgan fingerprint density at radius 2 is 1.15 bits per heavy atom. The summed E-state index contributed by atoms with van der Waals surface area (Å²) < 4.78 is 0. The lowest BCUT2D eigenvalue weighted by Gasteiger charge is -2.53. The second-order valence-corrected chi connectivity index (χ2v) is 10.9. The van der Waals surface area contributed by atoms with Crippen LogP contribution in [0.5, 0.6) is 0 Å². The quantitative estimate of drug-likeness (QED) is 0.419. The molecule has 2 heteroatoms. The van der Waals surface area contributed by atoms with E-state index in [1.54, 1.807) is 0 Å². The minimum atomic E-state index is 0.309. The van der Waals surface area contributed by atoms with Gasteiger partial charge in [0.1, 0.15) is 0 Å². The largest absolute Gasteiger partial charge is 0.298 e. The molecule has 3 aromatic carbocycles. The summed E-state index contributed by atoms with van der Waals surface area (Å²) in [6, 6.07) is 34.7. The van der Waals surface area contributed by atoms with Gasteiger partial charge in [0.25, 0.3) is 0 Å². The highest BCUT2D eigenvalue weighted by molar-refractivity contribution is 5.33. The van der Waals surface area contributed by atoms with Gasteiger partial charge in [-0.2, -0.15) is 0 Å². The first-order valence-corrected chi connectivity index (χ1v) is 13.5. The van der Waals surface area contributed by atoms with Crippen LogP contribution in [0.2, 0.25) is 0 Å². The van der Waals surface area contributed by atoms with Gasteiger partial charge in [-0.1, -0.05) is 97.4 Å². The minimum Gasteiger partial charge on any atom is -0.298 e. The zero-order valence-corrected chi connectivity index (χ0v) is 20.4. The average molecular weight is 451 g/mol. The molecule has 4 fully saturated rings. The van der Waals surface area contributed by atoms with Crippen LogP contribution in [0.1, 0.15) is 67.1 Å². The van der Waals surface area contributed by atoms with Gasteiger partial charge < -0.3 is 0 Å². The van der Waals surface area contributed by atoms with Crippen molar-refractivity contribution in [3.05, 3.63) is 108 Å². The molecule has 1 saturated carbocycles. The summed E-state index contributed by atoms with van der Waals surface area (Å²) in [5, 5.41) is 0. The number of fused-ring (bicyclic) bond motifs is 4. The first-order valence-electron chi connectivity index (χ1n) is 13.5. The van der Waals surface area contributed by atoms with Crippen LogP contribution < -0.4 is 0 Å². The molecule has 1 aliphatic carbocycles. The molecule has 0 N–H and O–H groups in total. The SMILES string of the molecule is c1ccc(CN2CCC3(N4CCCCC4)CC(c4ccccc4)C2C(c2ccccc2)C3)cc1. The molecule has 7 rings (SSSR count). The van der Waals surface area contributed by atoms with E-state index in [1.165, 1.54) is 74.8 Å². The van der Waals surface area contributed by atoms with Crippen molar-refractivity contribution < 1.29 is 0 Å². The molecule has 0 radical (unpaired) electrons. The molecule has 3 saturated heterocycles. The van der Waals surface area contributed by atoms with Crippen LogP contribution in [0, 0.1) is 0 Å². The van der Waals surface area contributed by atoms with Crippen molar-refractivity contribution in [3.8, 4) is 0 Å². The Hall–Kier alpha value is -2.42. The third-order valence-corrected chi connectivity index (χ3v) is 9.02. The molecule has 4 aliphatic rings. The van der Waals surface area contributed by atoms with Crippen molar-refractivity contribution in [1.82, 2.24) is 9.80 Å². The predicted octanol–water partition coefficient (Wildman–Crippen LogP) is 6.85. The van der Waals surface area contributed by atoms with Crippen LogP contribution in [-0.2, 0) is 6.54 Å². The molecule has 3 aromatic rings. The van der Waals surface area contributed by atoms with Crippen LogP contribution in [-0.4, -0.2) is 41.0 Å². The second kappa shape index (κ2) is 9.68. The van der Waals surface area contributed by atoms with Crippen LogP contribution in [0.3, 0.4) is 0 Å². The van der Waals surface area contributed by atoms with E-state index in [-0.39, 0.29) is 0 Å². The van der Waals surface area contributed by atoms with E-state index in [2.05, 4.69) is 101 Å². The summed E-state index contributed by atoms with van der Waals surface area (Å²) >= 11 is 0. The van der Waals surface area contributed by atoms with Gasteiger partial charge in [-0.3, -0.25) is 9.80 Å². The summed E-state index contributed by atoms with van der Waals surface area (Å²) in [6.45, 7) is 4.82. The zero-order valence-electron chi connectivity index (χ0n) is 20.4. The third-order valence-electron chi connectivity index (χ3n) is 9.02. The Morgan fingerprint density at radius 3 is 1.71 bits per heavy atom. The van der Waals surface area contributed by atoms with E-state index < -0.39 is 0 Å². The fraction of sp³-hybridized carbons (Fsp3) is 0.438. The van der Waals surface area contributed by atoms with E-state index in [1.807, 2.05) is 0 Å². The molecule has 0 spiro atoms. The smallest absolute Gasteiger partial charge is 0.0238 e. The second-order valence-electron chi connectivity index (χ2n) is 10.9. The standard InChI is InChI=1S/C32H38N2/c1-5-13-26(14-6-1)25-33-22-19-32(34-20-11-4-12-21-34)23-29(27-15-7-2-8-16-27)31(33)30(24-32)28-17-9-3-10-18-28/h1-3,5-10,13-18,29-31H,4,11-12,19-25H2. The maximum atomic E-state index is 2.94. The van der Waals surface area contributed by atoms with Gasteiger partial charge in [-0.15, -0.1) is 0 Å². The highest BCUT2D eigenvalue weighted by Crippen LogP contribution is 2.54. The van der Waals surface area contributed by atoms with Gasteiger partial charge in [0.05, 0.1) is 0 Å². The maximum absolute atomic E-state index is 2.94. The van der Waals surface area contributed by atoms with Crippen LogP contribution >= 0.6 is 0 Å². The predicted molar refractivity (Wildman–Crippen MR) is 141 cm³/mol. The van der Waals surface area contributed by atoms with E-state index in [4.69, 9.17) is 0 Å². The minimum absolute atomic E-state index is 0.309. The van der Waals surface area contributed by atoms with Crippen molar-refractivity contribution in [2.45, 2.75) is 68.5 Å². The molecule has 2 nitrogen and oxygen atoms in total. The number of rotatable bonds is 5. The van der Waals surface area contributed by atoms with Gasteiger partial charge in [0.2, 0.25) is 0 Å². The van der Waals surface area contributed by atoms with Gasteiger partial charge in [0, 0.05) is 36.5 Å². The first kappa shape index (κ1) is 22.1. The van der Waals surface area contributed by atoms with E-state index in [9.17, 15) is 0 Å². The summed E-state index contributed by atoms with van der Waals surface area (Å²) in [5.74, 6) is 1.13. The number of piperidine rings is 1. The molecular weight excluding hydrogens is 412 g/mol. The Kier molecular flexibility index (Phi) is 6.28. The lowest BCUT2D eigenvalue weighted by atomic mass is 9.63. The van der Waals surface area contributed by atoms with Gasteiger partial charge >= 0.3 is 0 Å². The molecule has 34 heavy (non-hydrogen) atoms. The molecule has 2 atom stereocenters.